The number of hydrogen-bond donors (Lipinski definition) is 1. The van der Waals surface area contributed by atoms with Gasteiger partial charge in [0.1, 0.15) is 11.9 Å². The molecule has 1 atom stereocenters. The molecule has 7 nitrogen and oxygen atoms in total. The maximum absolute atomic E-state index is 11.9. The Labute approximate surface area is 145 Å². The second-order valence-corrected chi connectivity index (χ2v) is 5.19. The molecule has 0 aliphatic carbocycles. The molecule has 1 N–H and O–H groups in total. The van der Waals surface area contributed by atoms with Gasteiger partial charge in [-0.2, -0.15) is 0 Å². The predicted molar refractivity (Wildman–Crippen MR) is 91.0 cm³/mol. The lowest BCUT2D eigenvalue weighted by Gasteiger charge is -2.12. The molecule has 1 fully saturated rings. The van der Waals surface area contributed by atoms with Crippen molar-refractivity contribution >= 4 is 30.2 Å². The van der Waals surface area contributed by atoms with E-state index in [0.717, 1.165) is 11.1 Å². The van der Waals surface area contributed by atoms with Crippen molar-refractivity contribution in [2.75, 3.05) is 18.0 Å². The van der Waals surface area contributed by atoms with E-state index in [1.165, 1.54) is 11.8 Å². The summed E-state index contributed by atoms with van der Waals surface area (Å²) < 4.78 is 5.22. The minimum absolute atomic E-state index is 0. The molecule has 2 aromatic rings. The van der Waals surface area contributed by atoms with Gasteiger partial charge in [-0.25, -0.2) is 9.78 Å². The first-order chi connectivity index (χ1) is 11.1. The SMILES string of the molecule is CC(=O)NC[C@H]1CN(c2ccc(-c3ccncc3)cn2)C(=O)O1.Cl. The number of halogens is 1. The number of carbonyl (C=O) groups is 2. The molecular formula is C16H17ClN4O3. The van der Waals surface area contributed by atoms with Gasteiger partial charge in [0.2, 0.25) is 5.91 Å². The molecule has 3 rings (SSSR count). The standard InChI is InChI=1S/C16H16N4O3.ClH/c1-11(21)18-9-14-10-20(16(22)23-14)15-3-2-13(8-19-15)12-4-6-17-7-5-12;/h2-8,14H,9-10H2,1H3,(H,18,21);1H/t14-;/m0./s1. The second kappa shape index (κ2) is 7.74. The highest BCUT2D eigenvalue weighted by Crippen LogP contribution is 2.23. The average molecular weight is 349 g/mol. The van der Waals surface area contributed by atoms with Crippen LogP contribution in [0, 0.1) is 0 Å². The summed E-state index contributed by atoms with van der Waals surface area (Å²) in [5, 5.41) is 2.64. The summed E-state index contributed by atoms with van der Waals surface area (Å²) in [5.41, 5.74) is 1.95. The third kappa shape index (κ3) is 3.99. The molecule has 3 heterocycles. The molecule has 1 aliphatic heterocycles. The monoisotopic (exact) mass is 348 g/mol. The third-order valence-electron chi connectivity index (χ3n) is 3.49. The van der Waals surface area contributed by atoms with Crippen LogP contribution in [0.3, 0.4) is 0 Å². The Hall–Kier alpha value is -2.67. The highest BCUT2D eigenvalue weighted by Gasteiger charge is 2.33. The first-order valence-electron chi connectivity index (χ1n) is 7.22. The van der Waals surface area contributed by atoms with E-state index in [1.54, 1.807) is 24.7 Å². The van der Waals surface area contributed by atoms with Crippen molar-refractivity contribution in [2.45, 2.75) is 13.0 Å². The Balaban J connectivity index is 0.00000208. The molecule has 126 valence electrons. The number of carbonyl (C=O) groups excluding carboxylic acids is 2. The van der Waals surface area contributed by atoms with Crippen molar-refractivity contribution < 1.29 is 14.3 Å². The number of pyridine rings is 2. The molecule has 0 saturated carbocycles. The summed E-state index contributed by atoms with van der Waals surface area (Å²) in [6.07, 6.45) is 4.32. The lowest BCUT2D eigenvalue weighted by molar-refractivity contribution is -0.119. The van der Waals surface area contributed by atoms with Gasteiger partial charge >= 0.3 is 6.09 Å². The third-order valence-corrected chi connectivity index (χ3v) is 3.49. The maximum Gasteiger partial charge on any atom is 0.416 e. The quantitative estimate of drug-likeness (QED) is 0.913. The highest BCUT2D eigenvalue weighted by molar-refractivity contribution is 5.89. The Morgan fingerprint density at radius 3 is 2.67 bits per heavy atom. The summed E-state index contributed by atoms with van der Waals surface area (Å²) in [5.74, 6) is 0.373. The van der Waals surface area contributed by atoms with Gasteiger partial charge in [0, 0.05) is 31.1 Å². The van der Waals surface area contributed by atoms with Gasteiger partial charge in [-0.05, 0) is 29.8 Å². The van der Waals surface area contributed by atoms with Gasteiger partial charge in [0.25, 0.3) is 0 Å². The van der Waals surface area contributed by atoms with Gasteiger partial charge < -0.3 is 10.1 Å². The summed E-state index contributed by atoms with van der Waals surface area (Å²) in [6, 6.07) is 7.46. The highest BCUT2D eigenvalue weighted by atomic mass is 35.5. The summed E-state index contributed by atoms with van der Waals surface area (Å²) >= 11 is 0. The molecule has 8 heteroatoms. The molecule has 0 radical (unpaired) electrons. The minimum atomic E-state index is -0.454. The zero-order valence-corrected chi connectivity index (χ0v) is 13.8. The van der Waals surface area contributed by atoms with Crippen LogP contribution >= 0.6 is 12.4 Å². The average Bonchev–Trinajstić information content (AvgIpc) is 2.95. The predicted octanol–water partition coefficient (Wildman–Crippen LogP) is 2.03. The Morgan fingerprint density at radius 2 is 2.04 bits per heavy atom. The van der Waals surface area contributed by atoms with Crippen LogP contribution in [0.4, 0.5) is 10.6 Å². The summed E-state index contributed by atoms with van der Waals surface area (Å²) in [4.78, 5) is 32.6. The fourth-order valence-electron chi connectivity index (χ4n) is 2.33. The molecule has 0 aromatic carbocycles. The van der Waals surface area contributed by atoms with Crippen molar-refractivity contribution in [3.05, 3.63) is 42.9 Å². The molecule has 0 unspecified atom stereocenters. The van der Waals surface area contributed by atoms with E-state index in [0.29, 0.717) is 18.9 Å². The normalized spacial score (nSPS) is 16.3. The van der Waals surface area contributed by atoms with Crippen molar-refractivity contribution in [1.82, 2.24) is 15.3 Å². The second-order valence-electron chi connectivity index (χ2n) is 5.19. The van der Waals surface area contributed by atoms with E-state index in [-0.39, 0.29) is 24.4 Å². The van der Waals surface area contributed by atoms with E-state index in [4.69, 9.17) is 4.74 Å². The van der Waals surface area contributed by atoms with Crippen LogP contribution in [-0.4, -0.2) is 41.2 Å². The smallest absolute Gasteiger partial charge is 0.416 e. The number of cyclic esters (lactones) is 1. The van der Waals surface area contributed by atoms with Crippen LogP contribution in [-0.2, 0) is 9.53 Å². The van der Waals surface area contributed by atoms with Crippen LogP contribution in [0.1, 0.15) is 6.92 Å². The number of nitrogens with zero attached hydrogens (tertiary/aromatic N) is 3. The van der Waals surface area contributed by atoms with Crippen LogP contribution < -0.4 is 10.2 Å². The molecule has 2 aromatic heterocycles. The van der Waals surface area contributed by atoms with Gasteiger partial charge in [0.15, 0.2) is 0 Å². The van der Waals surface area contributed by atoms with E-state index in [1.807, 2.05) is 18.2 Å². The van der Waals surface area contributed by atoms with Crippen molar-refractivity contribution in [3.8, 4) is 11.1 Å². The lowest BCUT2D eigenvalue weighted by Crippen LogP contribution is -2.33. The lowest BCUT2D eigenvalue weighted by atomic mass is 10.1. The Bertz CT molecular complexity index is 709. The summed E-state index contributed by atoms with van der Waals surface area (Å²) in [6.45, 7) is 2.08. The number of anilines is 1. The maximum atomic E-state index is 11.9. The fourth-order valence-corrected chi connectivity index (χ4v) is 2.33. The number of ether oxygens (including phenoxy) is 1. The number of aromatic nitrogens is 2. The number of rotatable bonds is 4. The van der Waals surface area contributed by atoms with Crippen molar-refractivity contribution in [1.29, 1.82) is 0 Å². The van der Waals surface area contributed by atoms with Crippen LogP contribution in [0.25, 0.3) is 11.1 Å². The van der Waals surface area contributed by atoms with E-state index in [2.05, 4.69) is 15.3 Å². The van der Waals surface area contributed by atoms with Gasteiger partial charge in [-0.3, -0.25) is 14.7 Å². The molecular weight excluding hydrogens is 332 g/mol. The Morgan fingerprint density at radius 1 is 1.29 bits per heavy atom. The number of nitrogens with one attached hydrogen (secondary N) is 1. The van der Waals surface area contributed by atoms with Gasteiger partial charge in [0.05, 0.1) is 13.1 Å². The van der Waals surface area contributed by atoms with E-state index >= 15 is 0 Å². The molecule has 0 spiro atoms. The van der Waals surface area contributed by atoms with Crippen LogP contribution in [0.2, 0.25) is 0 Å². The molecule has 1 aliphatic rings. The zero-order valence-electron chi connectivity index (χ0n) is 13.0. The first kappa shape index (κ1) is 17.7. The topological polar surface area (TPSA) is 84.4 Å². The van der Waals surface area contributed by atoms with Gasteiger partial charge in [-0.15, -0.1) is 12.4 Å². The van der Waals surface area contributed by atoms with Crippen LogP contribution in [0.15, 0.2) is 42.9 Å². The van der Waals surface area contributed by atoms with Gasteiger partial charge in [-0.1, -0.05) is 0 Å². The first-order valence-corrected chi connectivity index (χ1v) is 7.22. The van der Waals surface area contributed by atoms with Crippen molar-refractivity contribution in [2.24, 2.45) is 0 Å². The number of hydrogen-bond acceptors (Lipinski definition) is 5. The molecule has 2 amide bonds. The molecule has 0 bridgehead atoms. The molecule has 1 saturated heterocycles. The fraction of sp³-hybridized carbons (Fsp3) is 0.250. The number of amides is 2. The Kier molecular flexibility index (Phi) is 5.70. The van der Waals surface area contributed by atoms with E-state index < -0.39 is 6.09 Å². The van der Waals surface area contributed by atoms with Crippen LogP contribution in [0.5, 0.6) is 0 Å². The zero-order chi connectivity index (χ0) is 16.2. The largest absolute Gasteiger partial charge is 0.442 e. The van der Waals surface area contributed by atoms with Crippen molar-refractivity contribution in [3.63, 3.8) is 0 Å². The minimum Gasteiger partial charge on any atom is -0.442 e. The summed E-state index contributed by atoms with van der Waals surface area (Å²) in [7, 11) is 0. The molecule has 24 heavy (non-hydrogen) atoms. The van der Waals surface area contributed by atoms with E-state index in [9.17, 15) is 9.59 Å².